The van der Waals surface area contributed by atoms with Crippen molar-refractivity contribution in [2.75, 3.05) is 57.5 Å². The minimum Gasteiger partial charge on any atom is -0.379 e. The zero-order valence-electron chi connectivity index (χ0n) is 16.8. The predicted molar refractivity (Wildman–Crippen MR) is 135 cm³/mol. The number of ether oxygens (including phenoxy) is 2. The van der Waals surface area contributed by atoms with Crippen LogP contribution in [0.25, 0.3) is 0 Å². The van der Waals surface area contributed by atoms with Crippen molar-refractivity contribution in [3.63, 3.8) is 0 Å². The van der Waals surface area contributed by atoms with E-state index in [0.717, 1.165) is 73.4 Å². The maximum Gasteiger partial charge on any atom is 0.130 e. The molecular weight excluding hydrogens is 618 g/mol. The zero-order valence-corrected chi connectivity index (χ0v) is 21.8. The summed E-state index contributed by atoms with van der Waals surface area (Å²) in [4.78, 5) is 10.8. The van der Waals surface area contributed by atoms with E-state index in [0.29, 0.717) is 5.15 Å². The van der Waals surface area contributed by atoms with Crippen molar-refractivity contribution in [3.05, 3.63) is 47.9 Å². The topological polar surface area (TPSA) is 59.5 Å². The summed E-state index contributed by atoms with van der Waals surface area (Å²) in [6, 6.07) is 8.02. The molecule has 4 heterocycles. The Kier molecular flexibility index (Phi) is 12.0. The molecular formula is C20H27ClI2N4O2. The number of anilines is 1. The van der Waals surface area contributed by atoms with E-state index in [9.17, 15) is 0 Å². The summed E-state index contributed by atoms with van der Waals surface area (Å²) in [6.45, 7) is 11.3. The van der Waals surface area contributed by atoms with Gasteiger partial charge in [-0.05, 0) is 83.3 Å². The number of aromatic nitrogens is 2. The second kappa shape index (κ2) is 13.9. The van der Waals surface area contributed by atoms with Gasteiger partial charge in [-0.2, -0.15) is 0 Å². The smallest absolute Gasteiger partial charge is 0.130 e. The molecule has 29 heavy (non-hydrogen) atoms. The second-order valence-electron chi connectivity index (χ2n) is 6.50. The number of nitrogens with one attached hydrogen (secondary N) is 1. The van der Waals surface area contributed by atoms with Gasteiger partial charge >= 0.3 is 0 Å². The highest BCUT2D eigenvalue weighted by Crippen LogP contribution is 2.17. The van der Waals surface area contributed by atoms with Crippen LogP contribution in [0.3, 0.4) is 0 Å². The molecule has 0 unspecified atom stereocenters. The Morgan fingerprint density at radius 3 is 1.86 bits per heavy atom. The number of hydrogen-bond acceptors (Lipinski definition) is 6. The summed E-state index contributed by atoms with van der Waals surface area (Å²) in [7, 11) is 0. The highest BCUT2D eigenvalue weighted by molar-refractivity contribution is 14.1. The van der Waals surface area contributed by atoms with E-state index >= 15 is 0 Å². The van der Waals surface area contributed by atoms with E-state index in [1.54, 1.807) is 0 Å². The number of pyridine rings is 2. The van der Waals surface area contributed by atoms with Gasteiger partial charge in [0.15, 0.2) is 0 Å². The molecule has 6 nitrogen and oxygen atoms in total. The molecule has 2 saturated heterocycles. The Morgan fingerprint density at radius 1 is 0.862 bits per heavy atom. The molecule has 0 radical (unpaired) electrons. The predicted octanol–water partition coefficient (Wildman–Crippen LogP) is 4.09. The first-order chi connectivity index (χ1) is 13.9. The Bertz CT molecular complexity index is 675. The number of aryl methyl sites for hydroxylation is 2. The third-order valence-corrected chi connectivity index (χ3v) is 5.41. The third-order valence-electron chi connectivity index (χ3n) is 3.97. The maximum atomic E-state index is 5.63. The number of rotatable bonds is 1. The summed E-state index contributed by atoms with van der Waals surface area (Å²) in [5, 5.41) is 3.73. The highest BCUT2D eigenvalue weighted by Gasteiger charge is 2.12. The van der Waals surface area contributed by atoms with Crippen LogP contribution in [0.15, 0.2) is 24.3 Å². The highest BCUT2D eigenvalue weighted by atomic mass is 127. The van der Waals surface area contributed by atoms with E-state index in [-0.39, 0.29) is 0 Å². The summed E-state index contributed by atoms with van der Waals surface area (Å²) < 4.78 is 12.7. The Hall–Kier alpha value is -0.270. The summed E-state index contributed by atoms with van der Waals surface area (Å²) in [6.07, 6.45) is 0. The minimum absolute atomic E-state index is 0.569. The molecule has 0 aromatic carbocycles. The molecule has 2 aromatic rings. The average Bonchev–Trinajstić information content (AvgIpc) is 2.69. The van der Waals surface area contributed by atoms with Gasteiger partial charge in [0.25, 0.3) is 0 Å². The van der Waals surface area contributed by atoms with Gasteiger partial charge in [0.2, 0.25) is 0 Å². The van der Waals surface area contributed by atoms with Crippen molar-refractivity contribution in [2.24, 2.45) is 0 Å². The van der Waals surface area contributed by atoms with Gasteiger partial charge < -0.3 is 19.7 Å². The lowest BCUT2D eigenvalue weighted by atomic mass is 10.3. The molecule has 0 aliphatic carbocycles. The van der Waals surface area contributed by atoms with Crippen LogP contribution in [-0.2, 0) is 9.47 Å². The van der Waals surface area contributed by atoms with Gasteiger partial charge in [0.05, 0.1) is 26.4 Å². The molecule has 2 aromatic heterocycles. The van der Waals surface area contributed by atoms with Crippen LogP contribution in [0.2, 0.25) is 5.15 Å². The number of hydrogen-bond donors (Lipinski definition) is 1. The van der Waals surface area contributed by atoms with Gasteiger partial charge in [0, 0.05) is 44.7 Å². The molecule has 160 valence electrons. The first-order valence-electron chi connectivity index (χ1n) is 9.49. The number of nitrogens with zero attached hydrogens (tertiary/aromatic N) is 3. The first-order valence-corrected chi connectivity index (χ1v) is 12.0. The fourth-order valence-corrected chi connectivity index (χ4v) is 4.58. The van der Waals surface area contributed by atoms with E-state index in [4.69, 9.17) is 21.1 Å². The first kappa shape index (κ1) is 25.0. The lowest BCUT2D eigenvalue weighted by Gasteiger charge is -2.28. The van der Waals surface area contributed by atoms with Gasteiger partial charge in [-0.25, -0.2) is 9.97 Å². The Morgan fingerprint density at radius 2 is 1.41 bits per heavy atom. The van der Waals surface area contributed by atoms with Gasteiger partial charge in [-0.15, -0.1) is 0 Å². The summed E-state index contributed by atoms with van der Waals surface area (Å²) in [5.41, 5.74) is 2.05. The quantitative estimate of drug-likeness (QED) is 0.373. The zero-order chi connectivity index (χ0) is 21.1. The van der Waals surface area contributed by atoms with E-state index < -0.39 is 0 Å². The SMILES string of the molecule is C1COCCN1.Cc1cc(I)cc(Cl)n1.Cc1cc(I)cc(N2CCOCC2)n1. The Labute approximate surface area is 205 Å². The molecule has 1 N–H and O–H groups in total. The van der Waals surface area contributed by atoms with Crippen LogP contribution >= 0.6 is 56.8 Å². The molecule has 2 fully saturated rings. The van der Waals surface area contributed by atoms with E-state index in [1.807, 2.05) is 26.0 Å². The molecule has 0 amide bonds. The van der Waals surface area contributed by atoms with Crippen LogP contribution in [0, 0.1) is 21.0 Å². The maximum absolute atomic E-state index is 5.63. The van der Waals surface area contributed by atoms with E-state index in [2.05, 4.69) is 77.5 Å². The van der Waals surface area contributed by atoms with Gasteiger partial charge in [-0.3, -0.25) is 0 Å². The lowest BCUT2D eigenvalue weighted by molar-refractivity contribution is 0.109. The molecule has 0 atom stereocenters. The monoisotopic (exact) mass is 644 g/mol. The van der Waals surface area contributed by atoms with Crippen LogP contribution in [0.5, 0.6) is 0 Å². The second-order valence-corrected chi connectivity index (χ2v) is 9.37. The number of morpholine rings is 2. The fourth-order valence-electron chi connectivity index (χ4n) is 2.67. The van der Waals surface area contributed by atoms with Gasteiger partial charge in [-0.1, -0.05) is 11.6 Å². The summed E-state index contributed by atoms with van der Waals surface area (Å²) >= 11 is 10.2. The van der Waals surface area contributed by atoms with Crippen molar-refractivity contribution in [1.82, 2.24) is 15.3 Å². The van der Waals surface area contributed by atoms with Crippen LogP contribution in [0.1, 0.15) is 11.4 Å². The molecule has 0 bridgehead atoms. The molecule has 0 saturated carbocycles. The molecule has 2 aliphatic rings. The van der Waals surface area contributed by atoms with Crippen molar-refractivity contribution >= 4 is 62.6 Å². The van der Waals surface area contributed by atoms with Crippen molar-refractivity contribution in [3.8, 4) is 0 Å². The number of halogens is 3. The minimum atomic E-state index is 0.569. The van der Waals surface area contributed by atoms with Crippen LogP contribution in [-0.4, -0.2) is 62.6 Å². The summed E-state index contributed by atoms with van der Waals surface area (Å²) in [5.74, 6) is 1.08. The van der Waals surface area contributed by atoms with Crippen LogP contribution in [0.4, 0.5) is 5.82 Å². The van der Waals surface area contributed by atoms with Crippen molar-refractivity contribution in [2.45, 2.75) is 13.8 Å². The molecule has 4 rings (SSSR count). The largest absolute Gasteiger partial charge is 0.379 e. The van der Waals surface area contributed by atoms with Crippen LogP contribution < -0.4 is 10.2 Å². The average molecular weight is 645 g/mol. The normalized spacial score (nSPS) is 16.2. The van der Waals surface area contributed by atoms with Crippen molar-refractivity contribution in [1.29, 1.82) is 0 Å². The molecule has 9 heteroatoms. The molecule has 0 spiro atoms. The lowest BCUT2D eigenvalue weighted by Crippen LogP contribution is -2.36. The molecule has 2 aliphatic heterocycles. The van der Waals surface area contributed by atoms with E-state index in [1.165, 1.54) is 3.57 Å². The Balaban J connectivity index is 0.000000171. The fraction of sp³-hybridized carbons (Fsp3) is 0.500. The van der Waals surface area contributed by atoms with Crippen molar-refractivity contribution < 1.29 is 9.47 Å². The standard InChI is InChI=1S/C10H13IN2O.C6H5ClIN.C4H9NO/c1-8-6-9(11)7-10(12-8)13-2-4-14-5-3-13;1-4-2-5(8)3-6(7)9-4;1-3-6-4-2-5-1/h6-7H,2-5H2,1H3;2-3H,1H3;5H,1-4H2. The van der Waals surface area contributed by atoms with Gasteiger partial charge in [0.1, 0.15) is 11.0 Å². The third kappa shape index (κ3) is 10.5.